The zero-order valence-corrected chi connectivity index (χ0v) is 6.00. The largest absolute Gasteiger partial charge is 0.457 e. The maximum Gasteiger partial charge on any atom is 0.457 e. The van der Waals surface area contributed by atoms with Crippen LogP contribution in [-0.4, -0.2) is 18.7 Å². The van der Waals surface area contributed by atoms with Crippen molar-refractivity contribution in [2.24, 2.45) is 5.92 Å². The fourth-order valence-electron chi connectivity index (χ4n) is 1.25. The Balaban J connectivity index is 2.40. The van der Waals surface area contributed by atoms with E-state index in [0.717, 1.165) is 13.0 Å². The van der Waals surface area contributed by atoms with E-state index in [2.05, 4.69) is 13.8 Å². The van der Waals surface area contributed by atoms with Gasteiger partial charge in [0.1, 0.15) is 0 Å². The van der Waals surface area contributed by atoms with Gasteiger partial charge < -0.3 is 9.68 Å². The van der Waals surface area contributed by atoms with Crippen molar-refractivity contribution >= 4 is 7.12 Å². The third-order valence-electron chi connectivity index (χ3n) is 1.96. The Bertz CT molecular complexity index is 95.1. The summed E-state index contributed by atoms with van der Waals surface area (Å²) in [4.78, 5) is 0. The summed E-state index contributed by atoms with van der Waals surface area (Å²) in [6, 6.07) is 0. The van der Waals surface area contributed by atoms with Gasteiger partial charge in [0.15, 0.2) is 0 Å². The lowest BCUT2D eigenvalue weighted by atomic mass is 9.67. The fraction of sp³-hybridized carbons (Fsp3) is 1.00. The molecule has 0 aromatic carbocycles. The Hall–Kier alpha value is -0.0151. The lowest BCUT2D eigenvalue weighted by Crippen LogP contribution is -2.20. The molecule has 1 heterocycles. The predicted molar refractivity (Wildman–Crippen MR) is 37.1 cm³/mol. The van der Waals surface area contributed by atoms with Crippen LogP contribution < -0.4 is 0 Å². The van der Waals surface area contributed by atoms with E-state index in [1.807, 2.05) is 0 Å². The molecule has 1 aliphatic rings. The summed E-state index contributed by atoms with van der Waals surface area (Å²) in [7, 11) is -0.495. The average Bonchev–Trinajstić information content (AvgIpc) is 2.13. The van der Waals surface area contributed by atoms with Crippen LogP contribution in [0.1, 0.15) is 20.3 Å². The second-order valence-electron chi connectivity index (χ2n) is 2.96. The van der Waals surface area contributed by atoms with Gasteiger partial charge in [-0.25, -0.2) is 0 Å². The molecule has 0 aromatic heterocycles. The molecule has 0 aromatic rings. The molecule has 2 nitrogen and oxygen atoms in total. The first-order valence-electron chi connectivity index (χ1n) is 3.51. The molecule has 1 unspecified atom stereocenters. The molecule has 0 amide bonds. The van der Waals surface area contributed by atoms with Crippen LogP contribution >= 0.6 is 0 Å². The molecule has 1 fully saturated rings. The third kappa shape index (κ3) is 1.46. The van der Waals surface area contributed by atoms with Crippen LogP contribution in [0.3, 0.4) is 0 Å². The summed E-state index contributed by atoms with van der Waals surface area (Å²) in [6.45, 7) is 4.95. The average molecular weight is 128 g/mol. The summed E-state index contributed by atoms with van der Waals surface area (Å²) in [6.07, 6.45) is 1.01. The number of hydrogen-bond acceptors (Lipinski definition) is 2. The monoisotopic (exact) mass is 128 g/mol. The van der Waals surface area contributed by atoms with E-state index in [1.54, 1.807) is 0 Å². The molecular weight excluding hydrogens is 115 g/mol. The fourth-order valence-corrected chi connectivity index (χ4v) is 1.25. The first kappa shape index (κ1) is 7.10. The first-order valence-corrected chi connectivity index (χ1v) is 3.51. The molecule has 1 saturated heterocycles. The molecule has 52 valence electrons. The Kier molecular flexibility index (Phi) is 2.14. The van der Waals surface area contributed by atoms with E-state index in [4.69, 9.17) is 9.68 Å². The minimum absolute atomic E-state index is 0.366. The highest BCUT2D eigenvalue weighted by atomic mass is 16.5. The molecule has 0 bridgehead atoms. The molecule has 3 heteroatoms. The van der Waals surface area contributed by atoms with Crippen LogP contribution in [0.15, 0.2) is 0 Å². The number of rotatable bonds is 1. The number of hydrogen-bond donors (Lipinski definition) is 1. The SMILES string of the molecule is CC(C)C1CCOB1O. The molecule has 0 aliphatic carbocycles. The van der Waals surface area contributed by atoms with Crippen molar-refractivity contribution < 1.29 is 9.68 Å². The van der Waals surface area contributed by atoms with Crippen LogP contribution in [0.4, 0.5) is 0 Å². The van der Waals surface area contributed by atoms with Crippen LogP contribution in [0.5, 0.6) is 0 Å². The minimum Gasteiger partial charge on any atom is -0.427 e. The lowest BCUT2D eigenvalue weighted by molar-refractivity contribution is 0.300. The summed E-state index contributed by atoms with van der Waals surface area (Å²) in [5.41, 5.74) is 0. The Morgan fingerprint density at radius 3 is 2.56 bits per heavy atom. The predicted octanol–water partition coefficient (Wildman–Crippen LogP) is 0.913. The van der Waals surface area contributed by atoms with Gasteiger partial charge in [-0.05, 0) is 18.2 Å². The maximum absolute atomic E-state index is 9.14. The van der Waals surface area contributed by atoms with Crippen LogP contribution in [-0.2, 0) is 4.65 Å². The lowest BCUT2D eigenvalue weighted by Gasteiger charge is -2.11. The minimum atomic E-state index is -0.495. The molecule has 9 heavy (non-hydrogen) atoms. The Labute approximate surface area is 56.4 Å². The second-order valence-corrected chi connectivity index (χ2v) is 2.96. The molecule has 1 rings (SSSR count). The van der Waals surface area contributed by atoms with Gasteiger partial charge >= 0.3 is 7.12 Å². The van der Waals surface area contributed by atoms with Gasteiger partial charge in [0.2, 0.25) is 0 Å². The highest BCUT2D eigenvalue weighted by Gasteiger charge is 2.34. The van der Waals surface area contributed by atoms with E-state index in [1.165, 1.54) is 0 Å². The molecule has 1 N–H and O–H groups in total. The summed E-state index contributed by atoms with van der Waals surface area (Å²) in [5, 5.41) is 9.14. The molecule has 0 spiro atoms. The van der Waals surface area contributed by atoms with Gasteiger partial charge in [-0.2, -0.15) is 0 Å². The van der Waals surface area contributed by atoms with Crippen LogP contribution in [0.25, 0.3) is 0 Å². The zero-order valence-electron chi connectivity index (χ0n) is 6.00. The smallest absolute Gasteiger partial charge is 0.427 e. The van der Waals surface area contributed by atoms with Gasteiger partial charge in [0, 0.05) is 6.61 Å². The second kappa shape index (κ2) is 2.71. The molecular formula is C6H13BO2. The summed E-state index contributed by atoms with van der Waals surface area (Å²) in [5.74, 6) is 0.910. The van der Waals surface area contributed by atoms with Gasteiger partial charge in [-0.3, -0.25) is 0 Å². The summed E-state index contributed by atoms with van der Waals surface area (Å²) < 4.78 is 4.98. The zero-order chi connectivity index (χ0) is 6.85. The normalized spacial score (nSPS) is 28.0. The van der Waals surface area contributed by atoms with E-state index >= 15 is 0 Å². The van der Waals surface area contributed by atoms with Crippen molar-refractivity contribution in [2.75, 3.05) is 6.61 Å². The highest BCUT2D eigenvalue weighted by Crippen LogP contribution is 2.29. The van der Waals surface area contributed by atoms with Crippen molar-refractivity contribution in [3.63, 3.8) is 0 Å². The van der Waals surface area contributed by atoms with Crippen molar-refractivity contribution in [3.05, 3.63) is 0 Å². The summed E-state index contributed by atoms with van der Waals surface area (Å²) >= 11 is 0. The standard InChI is InChI=1S/C6H13BO2/c1-5(2)6-3-4-9-7(6)8/h5-6,8H,3-4H2,1-2H3. The van der Waals surface area contributed by atoms with Gasteiger partial charge in [-0.15, -0.1) is 0 Å². The highest BCUT2D eigenvalue weighted by molar-refractivity contribution is 6.45. The van der Waals surface area contributed by atoms with Crippen molar-refractivity contribution in [1.29, 1.82) is 0 Å². The molecule has 0 radical (unpaired) electrons. The molecule has 1 atom stereocenters. The first-order chi connectivity index (χ1) is 4.22. The topological polar surface area (TPSA) is 29.5 Å². The maximum atomic E-state index is 9.14. The van der Waals surface area contributed by atoms with Crippen LogP contribution in [0.2, 0.25) is 5.82 Å². The Morgan fingerprint density at radius 2 is 2.33 bits per heavy atom. The van der Waals surface area contributed by atoms with E-state index in [9.17, 15) is 0 Å². The van der Waals surface area contributed by atoms with Gasteiger partial charge in [0.05, 0.1) is 0 Å². The van der Waals surface area contributed by atoms with Crippen molar-refractivity contribution in [2.45, 2.75) is 26.1 Å². The van der Waals surface area contributed by atoms with E-state index in [-0.39, 0.29) is 0 Å². The Morgan fingerprint density at radius 1 is 1.67 bits per heavy atom. The van der Waals surface area contributed by atoms with E-state index < -0.39 is 7.12 Å². The quantitative estimate of drug-likeness (QED) is 0.532. The molecule has 0 saturated carbocycles. The van der Waals surface area contributed by atoms with Crippen LogP contribution in [0, 0.1) is 5.92 Å². The van der Waals surface area contributed by atoms with Gasteiger partial charge in [0.25, 0.3) is 0 Å². The van der Waals surface area contributed by atoms with Crippen molar-refractivity contribution in [3.8, 4) is 0 Å². The van der Waals surface area contributed by atoms with Crippen molar-refractivity contribution in [1.82, 2.24) is 0 Å². The van der Waals surface area contributed by atoms with Gasteiger partial charge in [-0.1, -0.05) is 13.8 Å². The van der Waals surface area contributed by atoms with E-state index in [0.29, 0.717) is 11.7 Å². The molecule has 1 aliphatic heterocycles. The third-order valence-corrected chi connectivity index (χ3v) is 1.96.